The topological polar surface area (TPSA) is 58.1 Å². The first-order valence-corrected chi connectivity index (χ1v) is 6.75. The van der Waals surface area contributed by atoms with Gasteiger partial charge in [-0.05, 0) is 40.7 Å². The molecule has 0 aliphatic heterocycles. The van der Waals surface area contributed by atoms with Crippen LogP contribution in [0.25, 0.3) is 0 Å². The minimum Gasteiger partial charge on any atom is -0.349 e. The van der Waals surface area contributed by atoms with Crippen LogP contribution < -0.4 is 5.32 Å². The molecule has 1 amide bonds. The van der Waals surface area contributed by atoms with E-state index in [0.717, 1.165) is 6.54 Å². The van der Waals surface area contributed by atoms with Crippen LogP contribution >= 0.6 is 0 Å². The highest BCUT2D eigenvalue weighted by Gasteiger charge is 2.13. The van der Waals surface area contributed by atoms with E-state index in [9.17, 15) is 4.79 Å². The van der Waals surface area contributed by atoms with E-state index in [4.69, 9.17) is 0 Å². The van der Waals surface area contributed by atoms with Crippen LogP contribution in [-0.4, -0.2) is 45.9 Å². The summed E-state index contributed by atoms with van der Waals surface area (Å²) >= 11 is 0. The lowest BCUT2D eigenvalue weighted by molar-refractivity contribution is 0.0934. The minimum atomic E-state index is -0.141. The van der Waals surface area contributed by atoms with Gasteiger partial charge in [0.05, 0.1) is 0 Å². The lowest BCUT2D eigenvalue weighted by Crippen LogP contribution is -2.42. The molecule has 106 valence electrons. The molecule has 0 bridgehead atoms. The summed E-state index contributed by atoms with van der Waals surface area (Å²) < 4.78 is 0. The number of nitrogens with one attached hydrogen (secondary N) is 1. The zero-order chi connectivity index (χ0) is 14.4. The van der Waals surface area contributed by atoms with Gasteiger partial charge in [-0.15, -0.1) is 0 Å². The first kappa shape index (κ1) is 15.6. The number of carbonyl (C=O) groups excluding carboxylic acids is 1. The maximum absolute atomic E-state index is 11.9. The Balaban J connectivity index is 2.47. The summed E-state index contributed by atoms with van der Waals surface area (Å²) in [5, 5.41) is 2.90. The Morgan fingerprint density at radius 1 is 1.32 bits per heavy atom. The lowest BCUT2D eigenvalue weighted by atomic mass is 10.2. The molecule has 0 saturated heterocycles. The number of rotatable bonds is 6. The van der Waals surface area contributed by atoms with Gasteiger partial charge in [-0.25, -0.2) is 9.97 Å². The largest absolute Gasteiger partial charge is 0.349 e. The molecule has 0 atom stereocenters. The van der Waals surface area contributed by atoms with Crippen molar-refractivity contribution >= 4 is 5.91 Å². The van der Waals surface area contributed by atoms with Crippen LogP contribution in [-0.2, 0) is 0 Å². The van der Waals surface area contributed by atoms with Gasteiger partial charge in [-0.3, -0.25) is 9.69 Å². The number of aromatic nitrogens is 2. The van der Waals surface area contributed by atoms with Crippen LogP contribution in [0.15, 0.2) is 12.3 Å². The Morgan fingerprint density at radius 2 is 1.95 bits per heavy atom. The quantitative estimate of drug-likeness (QED) is 0.848. The van der Waals surface area contributed by atoms with Crippen molar-refractivity contribution in [2.45, 2.75) is 46.7 Å². The van der Waals surface area contributed by atoms with E-state index < -0.39 is 0 Å². The third kappa shape index (κ3) is 4.95. The summed E-state index contributed by atoms with van der Waals surface area (Å²) in [4.78, 5) is 22.3. The van der Waals surface area contributed by atoms with Crippen molar-refractivity contribution < 1.29 is 4.79 Å². The van der Waals surface area contributed by atoms with Gasteiger partial charge in [0.2, 0.25) is 0 Å². The Hall–Kier alpha value is -1.49. The molecule has 0 saturated carbocycles. The molecular formula is C14H24N4O. The third-order valence-corrected chi connectivity index (χ3v) is 2.99. The standard InChI is InChI=1S/C14H24N4O/c1-10(2)18(11(3)4)9-8-16-14(19)13-6-7-15-12(5)17-13/h6-7,10-11H,8-9H2,1-5H3,(H,16,19). The van der Waals surface area contributed by atoms with E-state index in [0.29, 0.717) is 30.1 Å². The molecule has 0 aliphatic rings. The zero-order valence-electron chi connectivity index (χ0n) is 12.5. The van der Waals surface area contributed by atoms with Crippen LogP contribution in [0.2, 0.25) is 0 Å². The molecule has 0 spiro atoms. The molecule has 5 nitrogen and oxygen atoms in total. The number of hydrogen-bond acceptors (Lipinski definition) is 4. The van der Waals surface area contributed by atoms with Crippen LogP contribution in [0.5, 0.6) is 0 Å². The average Bonchev–Trinajstić information content (AvgIpc) is 2.33. The van der Waals surface area contributed by atoms with Crippen LogP contribution in [0.4, 0.5) is 0 Å². The summed E-state index contributed by atoms with van der Waals surface area (Å²) in [6, 6.07) is 2.57. The maximum Gasteiger partial charge on any atom is 0.270 e. The molecule has 1 aromatic rings. The smallest absolute Gasteiger partial charge is 0.270 e. The van der Waals surface area contributed by atoms with E-state index in [1.54, 1.807) is 19.2 Å². The number of hydrogen-bond donors (Lipinski definition) is 1. The van der Waals surface area contributed by atoms with Gasteiger partial charge in [-0.1, -0.05) is 0 Å². The van der Waals surface area contributed by atoms with Crippen molar-refractivity contribution in [2.75, 3.05) is 13.1 Å². The molecule has 0 aromatic carbocycles. The normalized spacial score (nSPS) is 11.4. The van der Waals surface area contributed by atoms with E-state index in [1.165, 1.54) is 0 Å². The molecule has 1 heterocycles. The number of nitrogens with zero attached hydrogens (tertiary/aromatic N) is 3. The molecule has 1 rings (SSSR count). The van der Waals surface area contributed by atoms with Gasteiger partial charge < -0.3 is 5.32 Å². The molecular weight excluding hydrogens is 240 g/mol. The Morgan fingerprint density at radius 3 is 2.47 bits per heavy atom. The van der Waals surface area contributed by atoms with E-state index in [1.807, 2.05) is 0 Å². The van der Waals surface area contributed by atoms with Gasteiger partial charge >= 0.3 is 0 Å². The van der Waals surface area contributed by atoms with Gasteiger partial charge in [0.1, 0.15) is 11.5 Å². The summed E-state index contributed by atoms with van der Waals surface area (Å²) in [5.74, 6) is 0.469. The highest BCUT2D eigenvalue weighted by Crippen LogP contribution is 2.03. The maximum atomic E-state index is 11.9. The van der Waals surface area contributed by atoms with Gasteiger partial charge in [0, 0.05) is 31.4 Å². The highest BCUT2D eigenvalue weighted by molar-refractivity contribution is 5.92. The SMILES string of the molecule is Cc1nccc(C(=O)NCCN(C(C)C)C(C)C)n1. The molecule has 5 heteroatoms. The number of aryl methyl sites for hydroxylation is 1. The van der Waals surface area contributed by atoms with E-state index in [-0.39, 0.29) is 5.91 Å². The minimum absolute atomic E-state index is 0.141. The Bertz CT molecular complexity index is 410. The van der Waals surface area contributed by atoms with Crippen molar-refractivity contribution in [1.29, 1.82) is 0 Å². The van der Waals surface area contributed by atoms with E-state index in [2.05, 4.69) is 47.9 Å². The second-order valence-electron chi connectivity index (χ2n) is 5.17. The predicted octanol–water partition coefficient (Wildman–Crippen LogP) is 1.63. The zero-order valence-corrected chi connectivity index (χ0v) is 12.5. The first-order valence-electron chi connectivity index (χ1n) is 6.75. The monoisotopic (exact) mass is 264 g/mol. The predicted molar refractivity (Wildman–Crippen MR) is 76.1 cm³/mol. The second-order valence-corrected chi connectivity index (χ2v) is 5.17. The van der Waals surface area contributed by atoms with Crippen LogP contribution in [0.3, 0.4) is 0 Å². The second kappa shape index (κ2) is 7.19. The fourth-order valence-electron chi connectivity index (χ4n) is 2.08. The molecule has 1 N–H and O–H groups in total. The van der Waals surface area contributed by atoms with Crippen molar-refractivity contribution in [3.05, 3.63) is 23.8 Å². The highest BCUT2D eigenvalue weighted by atomic mass is 16.1. The van der Waals surface area contributed by atoms with Crippen molar-refractivity contribution in [3.8, 4) is 0 Å². The molecule has 0 unspecified atom stereocenters. The fourth-order valence-corrected chi connectivity index (χ4v) is 2.08. The first-order chi connectivity index (χ1) is 8.91. The van der Waals surface area contributed by atoms with Gasteiger partial charge in [-0.2, -0.15) is 0 Å². The number of carbonyl (C=O) groups is 1. The van der Waals surface area contributed by atoms with Crippen LogP contribution in [0.1, 0.15) is 44.0 Å². The molecule has 0 fully saturated rings. The Kier molecular flexibility index (Phi) is 5.89. The molecule has 19 heavy (non-hydrogen) atoms. The van der Waals surface area contributed by atoms with Gasteiger partial charge in [0.15, 0.2) is 0 Å². The van der Waals surface area contributed by atoms with Crippen LogP contribution in [0, 0.1) is 6.92 Å². The Labute approximate surface area is 115 Å². The van der Waals surface area contributed by atoms with Gasteiger partial charge in [0.25, 0.3) is 5.91 Å². The van der Waals surface area contributed by atoms with Crippen molar-refractivity contribution in [1.82, 2.24) is 20.2 Å². The molecule has 1 aromatic heterocycles. The summed E-state index contributed by atoms with van der Waals surface area (Å²) in [6.07, 6.45) is 1.60. The average molecular weight is 264 g/mol. The van der Waals surface area contributed by atoms with Crippen molar-refractivity contribution in [3.63, 3.8) is 0 Å². The lowest BCUT2D eigenvalue weighted by Gasteiger charge is -2.30. The van der Waals surface area contributed by atoms with E-state index >= 15 is 0 Å². The number of amides is 1. The fraction of sp³-hybridized carbons (Fsp3) is 0.643. The van der Waals surface area contributed by atoms with Crippen molar-refractivity contribution in [2.24, 2.45) is 0 Å². The summed E-state index contributed by atoms with van der Waals surface area (Å²) in [5.41, 5.74) is 0.424. The summed E-state index contributed by atoms with van der Waals surface area (Å²) in [6.45, 7) is 11.9. The molecule has 0 radical (unpaired) electrons. The molecule has 0 aliphatic carbocycles. The third-order valence-electron chi connectivity index (χ3n) is 2.99. The summed E-state index contributed by atoms with van der Waals surface area (Å²) in [7, 11) is 0.